The third-order valence-electron chi connectivity index (χ3n) is 7.79. The smallest absolute Gasteiger partial charge is 0.363 e. The van der Waals surface area contributed by atoms with Crippen molar-refractivity contribution in [2.45, 2.75) is 162 Å². The Morgan fingerprint density at radius 2 is 1.06 bits per heavy atom. The largest absolute Gasteiger partial charge is 0.460 e. The van der Waals surface area contributed by atoms with Gasteiger partial charge in [-0.25, -0.2) is 4.79 Å². The maximum absolute atomic E-state index is 13.3. The predicted molar refractivity (Wildman–Crippen MR) is 185 cm³/mol. The molecule has 0 aromatic heterocycles. The Kier molecular flexibility index (Phi) is 17.5. The topological polar surface area (TPSA) is 137 Å². The lowest BCUT2D eigenvalue weighted by molar-refractivity contribution is -0.172. The van der Waals surface area contributed by atoms with E-state index in [-0.39, 0.29) is 55.8 Å². The second-order valence-electron chi connectivity index (χ2n) is 14.8. The fourth-order valence-electron chi connectivity index (χ4n) is 5.36. The minimum Gasteiger partial charge on any atom is -0.460 e. The third-order valence-corrected chi connectivity index (χ3v) is 7.79. The summed E-state index contributed by atoms with van der Waals surface area (Å²) in [6, 6.07) is 6.40. The van der Waals surface area contributed by atoms with E-state index in [1.54, 1.807) is 37.8 Å². The van der Waals surface area contributed by atoms with Gasteiger partial charge in [-0.15, -0.1) is 5.06 Å². The molecule has 0 spiro atoms. The molecule has 0 bridgehead atoms. The molecule has 11 nitrogen and oxygen atoms in total. The van der Waals surface area contributed by atoms with Crippen molar-refractivity contribution in [2.24, 2.45) is 0 Å². The summed E-state index contributed by atoms with van der Waals surface area (Å²) in [5.74, 6) is -2.47. The van der Waals surface area contributed by atoms with Gasteiger partial charge in [-0.2, -0.15) is 0 Å². The standard InChI is InChI=1S/C38H58N2O9/c1-37(2,3)47-34(44)19-17-15-13-11-9-7-8-10-12-14-16-18-31(41)39(27-26-35(45)48-38(4,5)6)28-29-20-22-30(23-21-29)36(46)49-40-32(42)24-25-33(40)43/h20-23H,7-19,24-28H2,1-6H3. The Morgan fingerprint density at radius 1 is 0.633 bits per heavy atom. The zero-order valence-electron chi connectivity index (χ0n) is 30.6. The van der Waals surface area contributed by atoms with Gasteiger partial charge >= 0.3 is 17.9 Å². The molecule has 1 aliphatic heterocycles. The second kappa shape index (κ2) is 20.7. The highest BCUT2D eigenvalue weighted by Gasteiger charge is 2.33. The lowest BCUT2D eigenvalue weighted by atomic mass is 10.0. The molecule has 11 heteroatoms. The molecule has 0 atom stereocenters. The molecular formula is C38H58N2O9. The van der Waals surface area contributed by atoms with Crippen molar-refractivity contribution in [3.8, 4) is 0 Å². The number of hydroxylamine groups is 2. The molecule has 3 amide bonds. The van der Waals surface area contributed by atoms with E-state index in [1.807, 2.05) is 20.8 Å². The molecule has 49 heavy (non-hydrogen) atoms. The Bertz CT molecular complexity index is 1230. The number of unbranched alkanes of at least 4 members (excludes halogenated alkanes) is 10. The molecule has 1 saturated heterocycles. The number of ether oxygens (including phenoxy) is 2. The molecule has 2 rings (SSSR count). The summed E-state index contributed by atoms with van der Waals surface area (Å²) in [6.45, 7) is 11.5. The zero-order valence-corrected chi connectivity index (χ0v) is 30.6. The number of esters is 2. The first-order valence-corrected chi connectivity index (χ1v) is 17.9. The monoisotopic (exact) mass is 686 g/mol. The summed E-state index contributed by atoms with van der Waals surface area (Å²) in [5, 5.41) is 0.508. The molecule has 1 aromatic rings. The lowest BCUT2D eigenvalue weighted by Gasteiger charge is -2.24. The summed E-state index contributed by atoms with van der Waals surface area (Å²) in [7, 11) is 0. The maximum atomic E-state index is 13.3. The maximum Gasteiger partial charge on any atom is 0.363 e. The Morgan fingerprint density at radius 3 is 1.53 bits per heavy atom. The zero-order chi connectivity index (χ0) is 36.5. The van der Waals surface area contributed by atoms with E-state index in [1.165, 1.54) is 37.8 Å². The normalized spacial score (nSPS) is 13.4. The SMILES string of the molecule is CC(C)(C)OC(=O)CCCCCCCCCCCCCC(=O)N(CCC(=O)OC(C)(C)C)Cc1ccc(C(=O)ON2C(=O)CCC2=O)cc1. The van der Waals surface area contributed by atoms with Crippen LogP contribution in [0.2, 0.25) is 0 Å². The molecule has 1 aromatic carbocycles. The number of hydrogen-bond donors (Lipinski definition) is 0. The Labute approximate surface area is 292 Å². The van der Waals surface area contributed by atoms with E-state index < -0.39 is 29.0 Å². The van der Waals surface area contributed by atoms with E-state index in [0.717, 1.165) is 50.5 Å². The molecule has 0 saturated carbocycles. The van der Waals surface area contributed by atoms with Crippen molar-refractivity contribution >= 4 is 35.6 Å². The molecule has 1 heterocycles. The average Bonchev–Trinajstić information content (AvgIpc) is 3.32. The van der Waals surface area contributed by atoms with Gasteiger partial charge < -0.3 is 19.2 Å². The summed E-state index contributed by atoms with van der Waals surface area (Å²) in [5.41, 5.74) is -0.122. The number of hydrogen-bond acceptors (Lipinski definition) is 9. The van der Waals surface area contributed by atoms with Crippen LogP contribution in [-0.4, -0.2) is 63.3 Å². The van der Waals surface area contributed by atoms with Gasteiger partial charge in [-0.1, -0.05) is 69.9 Å². The van der Waals surface area contributed by atoms with Crippen LogP contribution in [0.25, 0.3) is 0 Å². The molecule has 0 unspecified atom stereocenters. The highest BCUT2D eigenvalue weighted by atomic mass is 16.7. The Balaban J connectivity index is 1.73. The van der Waals surface area contributed by atoms with E-state index in [0.29, 0.717) is 17.9 Å². The first kappa shape index (κ1) is 41.4. The van der Waals surface area contributed by atoms with Crippen LogP contribution in [0, 0.1) is 0 Å². The van der Waals surface area contributed by atoms with Crippen LogP contribution in [0.5, 0.6) is 0 Å². The number of nitrogens with zero attached hydrogens (tertiary/aromatic N) is 2. The van der Waals surface area contributed by atoms with Crippen molar-refractivity contribution in [3.63, 3.8) is 0 Å². The number of imide groups is 1. The molecule has 0 aliphatic carbocycles. The van der Waals surface area contributed by atoms with Gasteiger partial charge in [0.15, 0.2) is 0 Å². The van der Waals surface area contributed by atoms with E-state index in [9.17, 15) is 28.8 Å². The van der Waals surface area contributed by atoms with E-state index >= 15 is 0 Å². The third kappa shape index (κ3) is 18.0. The van der Waals surface area contributed by atoms with Gasteiger partial charge in [0.1, 0.15) is 11.2 Å². The molecule has 0 radical (unpaired) electrons. The van der Waals surface area contributed by atoms with Crippen LogP contribution >= 0.6 is 0 Å². The van der Waals surface area contributed by atoms with Gasteiger partial charge in [-0.05, 0) is 72.1 Å². The first-order chi connectivity index (χ1) is 23.0. The summed E-state index contributed by atoms with van der Waals surface area (Å²) >= 11 is 0. The fourth-order valence-corrected chi connectivity index (χ4v) is 5.36. The van der Waals surface area contributed by atoms with Crippen LogP contribution in [0.1, 0.15) is 160 Å². The number of benzene rings is 1. The summed E-state index contributed by atoms with van der Waals surface area (Å²) in [6.07, 6.45) is 12.6. The minimum absolute atomic E-state index is 0.0140. The van der Waals surface area contributed by atoms with Crippen molar-refractivity contribution < 1.29 is 43.1 Å². The summed E-state index contributed by atoms with van der Waals surface area (Å²) in [4.78, 5) is 80.1. The van der Waals surface area contributed by atoms with Gasteiger partial charge in [0.05, 0.1) is 12.0 Å². The molecule has 0 N–H and O–H groups in total. The van der Waals surface area contributed by atoms with Crippen molar-refractivity contribution in [3.05, 3.63) is 35.4 Å². The Hall–Kier alpha value is -3.76. The van der Waals surface area contributed by atoms with Crippen LogP contribution in [0.3, 0.4) is 0 Å². The van der Waals surface area contributed by atoms with Crippen molar-refractivity contribution in [1.29, 1.82) is 0 Å². The lowest BCUT2D eigenvalue weighted by Crippen LogP contribution is -2.34. The molecule has 274 valence electrons. The highest BCUT2D eigenvalue weighted by Crippen LogP contribution is 2.18. The van der Waals surface area contributed by atoms with Crippen LogP contribution < -0.4 is 0 Å². The van der Waals surface area contributed by atoms with Gasteiger partial charge in [0, 0.05) is 38.8 Å². The van der Waals surface area contributed by atoms with Gasteiger partial charge in [0.2, 0.25) is 5.91 Å². The number of rotatable bonds is 21. The minimum atomic E-state index is -0.819. The molecule has 1 fully saturated rings. The van der Waals surface area contributed by atoms with Gasteiger partial charge in [0.25, 0.3) is 11.8 Å². The second-order valence-corrected chi connectivity index (χ2v) is 14.8. The quantitative estimate of drug-likeness (QED) is 0.0737. The molecule has 1 aliphatic rings. The van der Waals surface area contributed by atoms with Crippen LogP contribution in [0.4, 0.5) is 0 Å². The fraction of sp³-hybridized carbons (Fsp3) is 0.684. The van der Waals surface area contributed by atoms with Crippen molar-refractivity contribution in [1.82, 2.24) is 9.96 Å². The predicted octanol–water partition coefficient (Wildman–Crippen LogP) is 7.38. The van der Waals surface area contributed by atoms with Crippen LogP contribution in [0.15, 0.2) is 24.3 Å². The first-order valence-electron chi connectivity index (χ1n) is 17.9. The highest BCUT2D eigenvalue weighted by molar-refractivity contribution is 6.02. The number of amides is 3. The van der Waals surface area contributed by atoms with Crippen molar-refractivity contribution in [2.75, 3.05) is 6.54 Å². The van der Waals surface area contributed by atoms with Crippen LogP contribution in [-0.2, 0) is 44.8 Å². The van der Waals surface area contributed by atoms with E-state index in [4.69, 9.17) is 14.3 Å². The molecular weight excluding hydrogens is 628 g/mol. The summed E-state index contributed by atoms with van der Waals surface area (Å²) < 4.78 is 10.8. The van der Waals surface area contributed by atoms with E-state index in [2.05, 4.69) is 0 Å². The average molecular weight is 687 g/mol. The number of carbonyl (C=O) groups excluding carboxylic acids is 6. The number of carbonyl (C=O) groups is 6. The van der Waals surface area contributed by atoms with Gasteiger partial charge in [-0.3, -0.25) is 24.0 Å².